The molecule has 0 aromatic heterocycles. The first kappa shape index (κ1) is 7.32. The second-order valence-electron chi connectivity index (χ2n) is 1.10. The van der Waals surface area contributed by atoms with Crippen LogP contribution in [0.5, 0.6) is 0 Å². The summed E-state index contributed by atoms with van der Waals surface area (Å²) in [6.07, 6.45) is -1.17. The molecule has 0 fully saturated rings. The van der Waals surface area contributed by atoms with E-state index in [1.165, 1.54) is 5.37 Å². The van der Waals surface area contributed by atoms with Crippen LogP contribution in [0.2, 0.25) is 0 Å². The van der Waals surface area contributed by atoms with Gasteiger partial charge in [0.2, 0.25) is 0 Å². The van der Waals surface area contributed by atoms with E-state index in [9.17, 15) is 4.79 Å². The van der Waals surface area contributed by atoms with Gasteiger partial charge >= 0.3 is 6.09 Å². The highest BCUT2D eigenvalue weighted by atomic mass is 32.1. The van der Waals surface area contributed by atoms with Gasteiger partial charge in [0.15, 0.2) is 0 Å². The number of carbonyl (C=O) groups is 1. The van der Waals surface area contributed by atoms with Crippen molar-refractivity contribution in [2.75, 3.05) is 6.54 Å². The molecule has 0 aliphatic carbocycles. The van der Waals surface area contributed by atoms with Crippen molar-refractivity contribution in [1.29, 1.82) is 0 Å². The zero-order valence-corrected chi connectivity index (χ0v) is 4.89. The van der Waals surface area contributed by atoms with Crippen molar-refractivity contribution in [3.63, 3.8) is 0 Å². The fourth-order valence-corrected chi connectivity index (χ4v) is 0.319. The Bertz CT molecular complexity index is 105. The minimum Gasteiger partial charge on any atom is -0.464 e. The molecule has 46 valence electrons. The van der Waals surface area contributed by atoms with Crippen molar-refractivity contribution < 1.29 is 9.90 Å². The maximum absolute atomic E-state index is 9.82. The van der Waals surface area contributed by atoms with Gasteiger partial charge in [0.05, 0.1) is 6.54 Å². The average Bonchev–Trinajstić information content (AvgIpc) is 1.67. The summed E-state index contributed by atoms with van der Waals surface area (Å²) in [4.78, 5) is 9.82. The van der Waals surface area contributed by atoms with Crippen LogP contribution in [0.3, 0.4) is 0 Å². The quantitative estimate of drug-likeness (QED) is 0.238. The minimum atomic E-state index is -1.17. The van der Waals surface area contributed by atoms with Crippen molar-refractivity contribution in [1.82, 2.24) is 5.01 Å². The van der Waals surface area contributed by atoms with Gasteiger partial charge in [-0.05, 0) is 0 Å². The summed E-state index contributed by atoms with van der Waals surface area (Å²) in [6.45, 7) is 0.0880. The van der Waals surface area contributed by atoms with Crippen LogP contribution in [-0.2, 0) is 0 Å². The van der Waals surface area contributed by atoms with Crippen LogP contribution in [-0.4, -0.2) is 28.1 Å². The molecule has 0 heterocycles. The smallest absolute Gasteiger partial charge is 0.421 e. The Morgan fingerprint density at radius 3 is 2.62 bits per heavy atom. The molecule has 0 spiro atoms. The third-order valence-electron chi connectivity index (χ3n) is 0.517. The van der Waals surface area contributed by atoms with Crippen LogP contribution < -0.4 is 5.84 Å². The van der Waals surface area contributed by atoms with Gasteiger partial charge in [-0.15, -0.1) is 0 Å². The number of rotatable bonds is 2. The molecule has 0 rings (SSSR count). The van der Waals surface area contributed by atoms with Crippen LogP contribution in [0.25, 0.3) is 0 Å². The number of hydrogen-bond acceptors (Lipinski definition) is 3. The van der Waals surface area contributed by atoms with Gasteiger partial charge in [-0.3, -0.25) is 0 Å². The third-order valence-corrected chi connectivity index (χ3v) is 0.666. The van der Waals surface area contributed by atoms with Crippen molar-refractivity contribution >= 4 is 23.7 Å². The monoisotopic (exact) mass is 134 g/mol. The largest absolute Gasteiger partial charge is 0.464 e. The Balaban J connectivity index is 3.46. The van der Waals surface area contributed by atoms with Gasteiger partial charge in [-0.1, -0.05) is 12.2 Å². The molecule has 0 saturated carbocycles. The second-order valence-corrected chi connectivity index (χ2v) is 1.43. The lowest BCUT2D eigenvalue weighted by Gasteiger charge is -2.06. The predicted molar refractivity (Wildman–Crippen MR) is 32.6 cm³/mol. The van der Waals surface area contributed by atoms with E-state index in [2.05, 4.69) is 12.2 Å². The van der Waals surface area contributed by atoms with Crippen LogP contribution in [0.4, 0.5) is 4.79 Å². The highest BCUT2D eigenvalue weighted by Crippen LogP contribution is 1.73. The summed E-state index contributed by atoms with van der Waals surface area (Å²) in [5.41, 5.74) is 0. The van der Waals surface area contributed by atoms with Gasteiger partial charge in [0, 0.05) is 5.37 Å². The molecule has 0 aliphatic heterocycles. The Labute approximate surface area is 51.9 Å². The standard InChI is InChI=1S/C3H6N2O2S/c4-5(1-2-8)3(6)7/h2H,1,4H2,(H,6,7). The molecule has 5 heteroatoms. The van der Waals surface area contributed by atoms with E-state index in [1.807, 2.05) is 0 Å². The molecule has 0 saturated heterocycles. The maximum atomic E-state index is 9.82. The van der Waals surface area contributed by atoms with Crippen molar-refractivity contribution in [2.24, 2.45) is 5.84 Å². The first-order valence-electron chi connectivity index (χ1n) is 1.87. The lowest BCUT2D eigenvalue weighted by Crippen LogP contribution is -2.37. The van der Waals surface area contributed by atoms with Gasteiger partial charge in [0.25, 0.3) is 0 Å². The van der Waals surface area contributed by atoms with Gasteiger partial charge in [-0.2, -0.15) is 0 Å². The maximum Gasteiger partial charge on any atom is 0.421 e. The Kier molecular flexibility index (Phi) is 3.05. The lowest BCUT2D eigenvalue weighted by atomic mass is 10.7. The molecule has 8 heavy (non-hydrogen) atoms. The van der Waals surface area contributed by atoms with E-state index in [-0.39, 0.29) is 6.54 Å². The van der Waals surface area contributed by atoms with Crippen LogP contribution >= 0.6 is 12.2 Å². The van der Waals surface area contributed by atoms with Gasteiger partial charge in [-0.25, -0.2) is 15.6 Å². The number of thiocarbonyl (C=S) groups is 1. The topological polar surface area (TPSA) is 66.6 Å². The summed E-state index contributed by atoms with van der Waals surface area (Å²) < 4.78 is 0. The Morgan fingerprint density at radius 2 is 2.50 bits per heavy atom. The summed E-state index contributed by atoms with van der Waals surface area (Å²) >= 11 is 4.34. The Hall–Kier alpha value is -0.680. The van der Waals surface area contributed by atoms with E-state index in [4.69, 9.17) is 10.9 Å². The minimum absolute atomic E-state index is 0.0880. The van der Waals surface area contributed by atoms with E-state index in [1.54, 1.807) is 0 Å². The summed E-state index contributed by atoms with van der Waals surface area (Å²) in [7, 11) is 0. The van der Waals surface area contributed by atoms with E-state index in [0.29, 0.717) is 5.01 Å². The molecule has 0 radical (unpaired) electrons. The number of carboxylic acid groups (broad SMARTS) is 1. The number of hydrogen-bond donors (Lipinski definition) is 2. The van der Waals surface area contributed by atoms with E-state index in [0.717, 1.165) is 0 Å². The normalized spacial score (nSPS) is 8.12. The fraction of sp³-hybridized carbons (Fsp3) is 0.333. The molecule has 4 nitrogen and oxygen atoms in total. The van der Waals surface area contributed by atoms with Crippen molar-refractivity contribution in [3.05, 3.63) is 0 Å². The summed E-state index contributed by atoms with van der Waals surface area (Å²) in [6, 6.07) is 0. The molecule has 0 aromatic rings. The molecule has 0 unspecified atom stereocenters. The first-order chi connectivity index (χ1) is 3.68. The molecule has 0 bridgehead atoms. The lowest BCUT2D eigenvalue weighted by molar-refractivity contribution is 0.153. The number of nitrogens with two attached hydrogens (primary N) is 1. The summed E-state index contributed by atoms with van der Waals surface area (Å²) in [5, 5.41) is 9.90. The average molecular weight is 134 g/mol. The molecular formula is C3H6N2O2S. The molecule has 0 aliphatic rings. The third kappa shape index (κ3) is 2.49. The van der Waals surface area contributed by atoms with E-state index >= 15 is 0 Å². The number of nitrogens with zero attached hydrogens (tertiary/aromatic N) is 1. The van der Waals surface area contributed by atoms with Gasteiger partial charge in [0.1, 0.15) is 0 Å². The summed E-state index contributed by atoms with van der Waals surface area (Å²) in [5.74, 6) is 4.86. The second kappa shape index (κ2) is 3.34. The van der Waals surface area contributed by atoms with Crippen molar-refractivity contribution in [2.45, 2.75) is 0 Å². The fourth-order valence-electron chi connectivity index (χ4n) is 0.158. The molecule has 3 N–H and O–H groups in total. The zero-order valence-electron chi connectivity index (χ0n) is 4.07. The van der Waals surface area contributed by atoms with Crippen molar-refractivity contribution in [3.8, 4) is 0 Å². The Morgan fingerprint density at radius 1 is 2.00 bits per heavy atom. The zero-order chi connectivity index (χ0) is 6.57. The molecule has 0 atom stereocenters. The first-order valence-corrected chi connectivity index (χ1v) is 2.34. The van der Waals surface area contributed by atoms with Crippen LogP contribution in [0, 0.1) is 0 Å². The van der Waals surface area contributed by atoms with E-state index < -0.39 is 6.09 Å². The highest BCUT2D eigenvalue weighted by molar-refractivity contribution is 7.79. The molecule has 0 aromatic carbocycles. The number of amides is 1. The number of hydrazine groups is 1. The molecular weight excluding hydrogens is 128 g/mol. The van der Waals surface area contributed by atoms with Crippen LogP contribution in [0.15, 0.2) is 0 Å². The van der Waals surface area contributed by atoms with Gasteiger partial charge < -0.3 is 5.11 Å². The predicted octanol–water partition coefficient (Wildman–Crippen LogP) is -0.160. The highest BCUT2D eigenvalue weighted by Gasteiger charge is 2.00. The van der Waals surface area contributed by atoms with Crippen LogP contribution in [0.1, 0.15) is 0 Å². The molecule has 1 amide bonds. The SMILES string of the molecule is NN(CC=S)C(=O)O.